The molecule has 1 aromatic heterocycles. The predicted octanol–water partition coefficient (Wildman–Crippen LogP) is 2.65. The van der Waals surface area contributed by atoms with Crippen molar-refractivity contribution >= 4 is 5.82 Å². The van der Waals surface area contributed by atoms with Gasteiger partial charge < -0.3 is 9.64 Å². The molecule has 0 saturated carbocycles. The molecule has 0 radical (unpaired) electrons. The highest BCUT2D eigenvalue weighted by molar-refractivity contribution is 5.40. The lowest BCUT2D eigenvalue weighted by molar-refractivity contribution is -0.141. The van der Waals surface area contributed by atoms with E-state index >= 15 is 0 Å². The molecule has 3 heterocycles. The molecule has 128 valence electrons. The molecule has 7 heteroatoms. The van der Waals surface area contributed by atoms with Gasteiger partial charge in [-0.2, -0.15) is 13.2 Å². The molecule has 1 unspecified atom stereocenters. The molecule has 23 heavy (non-hydrogen) atoms. The van der Waals surface area contributed by atoms with E-state index in [4.69, 9.17) is 4.74 Å². The van der Waals surface area contributed by atoms with Crippen LogP contribution in [0.3, 0.4) is 0 Å². The van der Waals surface area contributed by atoms with Gasteiger partial charge >= 0.3 is 6.18 Å². The quantitative estimate of drug-likeness (QED) is 0.852. The number of piperidine rings is 1. The van der Waals surface area contributed by atoms with Crippen molar-refractivity contribution in [2.24, 2.45) is 5.92 Å². The monoisotopic (exact) mass is 329 g/mol. The second-order valence-electron chi connectivity index (χ2n) is 6.25. The molecule has 0 aromatic carbocycles. The van der Waals surface area contributed by atoms with Crippen molar-refractivity contribution in [1.29, 1.82) is 0 Å². The molecule has 2 fully saturated rings. The van der Waals surface area contributed by atoms with Crippen molar-refractivity contribution < 1.29 is 17.9 Å². The number of alkyl halides is 3. The van der Waals surface area contributed by atoms with Crippen molar-refractivity contribution in [2.75, 3.05) is 50.8 Å². The lowest BCUT2D eigenvalue weighted by atomic mass is 9.97. The minimum Gasteiger partial charge on any atom is -0.379 e. The van der Waals surface area contributed by atoms with Gasteiger partial charge in [-0.05, 0) is 30.9 Å². The SMILES string of the molecule is FC(F)(F)c1cccc(N2CCCC(CN3CCOCC3)C2)n1. The first-order chi connectivity index (χ1) is 11.0. The maximum atomic E-state index is 12.8. The molecule has 0 spiro atoms. The number of nitrogens with zero attached hydrogens (tertiary/aromatic N) is 3. The van der Waals surface area contributed by atoms with E-state index in [1.165, 1.54) is 6.07 Å². The Bertz CT molecular complexity index is 518. The molecule has 1 atom stereocenters. The molecular weight excluding hydrogens is 307 g/mol. The lowest BCUT2D eigenvalue weighted by Gasteiger charge is -2.37. The minimum absolute atomic E-state index is 0.437. The first-order valence-corrected chi connectivity index (χ1v) is 8.12. The summed E-state index contributed by atoms with van der Waals surface area (Å²) in [5.74, 6) is 0.907. The zero-order valence-corrected chi connectivity index (χ0v) is 13.1. The van der Waals surface area contributed by atoms with E-state index in [2.05, 4.69) is 9.88 Å². The highest BCUT2D eigenvalue weighted by atomic mass is 19.4. The maximum absolute atomic E-state index is 12.8. The Hall–Kier alpha value is -1.34. The number of hydrogen-bond acceptors (Lipinski definition) is 4. The Kier molecular flexibility index (Phi) is 5.06. The van der Waals surface area contributed by atoms with Crippen LogP contribution in [-0.2, 0) is 10.9 Å². The number of pyridine rings is 1. The summed E-state index contributed by atoms with van der Waals surface area (Å²) in [6, 6.07) is 4.14. The second-order valence-corrected chi connectivity index (χ2v) is 6.25. The van der Waals surface area contributed by atoms with Gasteiger partial charge in [0.1, 0.15) is 11.5 Å². The van der Waals surface area contributed by atoms with E-state index in [0.717, 1.165) is 64.8 Å². The first kappa shape index (κ1) is 16.5. The number of anilines is 1. The Morgan fingerprint density at radius 3 is 2.70 bits per heavy atom. The molecule has 2 saturated heterocycles. The van der Waals surface area contributed by atoms with Crippen LogP contribution in [0.5, 0.6) is 0 Å². The van der Waals surface area contributed by atoms with Gasteiger partial charge in [-0.15, -0.1) is 0 Å². The molecule has 0 amide bonds. The number of aromatic nitrogens is 1. The zero-order valence-electron chi connectivity index (χ0n) is 13.1. The fraction of sp³-hybridized carbons (Fsp3) is 0.688. The Labute approximate surface area is 134 Å². The zero-order chi connectivity index (χ0) is 16.3. The first-order valence-electron chi connectivity index (χ1n) is 8.12. The van der Waals surface area contributed by atoms with Crippen molar-refractivity contribution in [1.82, 2.24) is 9.88 Å². The van der Waals surface area contributed by atoms with Gasteiger partial charge in [-0.3, -0.25) is 4.90 Å². The predicted molar refractivity (Wildman–Crippen MR) is 81.4 cm³/mol. The van der Waals surface area contributed by atoms with E-state index in [1.54, 1.807) is 6.07 Å². The van der Waals surface area contributed by atoms with E-state index in [9.17, 15) is 13.2 Å². The smallest absolute Gasteiger partial charge is 0.379 e. The van der Waals surface area contributed by atoms with Crippen LogP contribution in [-0.4, -0.2) is 55.8 Å². The molecule has 2 aliphatic heterocycles. The van der Waals surface area contributed by atoms with Gasteiger partial charge in [0.2, 0.25) is 0 Å². The maximum Gasteiger partial charge on any atom is 0.433 e. The van der Waals surface area contributed by atoms with Gasteiger partial charge in [0.15, 0.2) is 0 Å². The van der Waals surface area contributed by atoms with Crippen molar-refractivity contribution in [3.05, 3.63) is 23.9 Å². The summed E-state index contributed by atoms with van der Waals surface area (Å²) in [7, 11) is 0. The minimum atomic E-state index is -4.39. The van der Waals surface area contributed by atoms with E-state index in [1.807, 2.05) is 4.90 Å². The molecule has 4 nitrogen and oxygen atoms in total. The topological polar surface area (TPSA) is 28.6 Å². The third kappa shape index (κ3) is 4.35. The number of hydrogen-bond donors (Lipinski definition) is 0. The number of ether oxygens (including phenoxy) is 1. The third-order valence-corrected chi connectivity index (χ3v) is 4.49. The molecule has 0 bridgehead atoms. The molecule has 2 aliphatic rings. The third-order valence-electron chi connectivity index (χ3n) is 4.49. The molecule has 0 N–H and O–H groups in total. The van der Waals surface area contributed by atoms with Crippen LogP contribution in [0.15, 0.2) is 18.2 Å². The highest BCUT2D eigenvalue weighted by Gasteiger charge is 2.33. The van der Waals surface area contributed by atoms with Gasteiger partial charge in [-0.1, -0.05) is 6.07 Å². The Morgan fingerprint density at radius 2 is 1.96 bits per heavy atom. The molecular formula is C16H22F3N3O. The van der Waals surface area contributed by atoms with Crippen LogP contribution in [0, 0.1) is 5.92 Å². The van der Waals surface area contributed by atoms with Gasteiger partial charge in [-0.25, -0.2) is 4.98 Å². The number of morpholine rings is 1. The summed E-state index contributed by atoms with van der Waals surface area (Å²) in [6.45, 7) is 5.95. The average molecular weight is 329 g/mol. The Morgan fingerprint density at radius 1 is 1.17 bits per heavy atom. The van der Waals surface area contributed by atoms with Crippen LogP contribution in [0.25, 0.3) is 0 Å². The standard InChI is InChI=1S/C16H22F3N3O/c17-16(18,19)14-4-1-5-15(20-14)22-6-2-3-13(12-22)11-21-7-9-23-10-8-21/h1,4-5,13H,2-3,6-12H2. The average Bonchev–Trinajstić information content (AvgIpc) is 2.55. The van der Waals surface area contributed by atoms with Crippen LogP contribution in [0.2, 0.25) is 0 Å². The van der Waals surface area contributed by atoms with Crippen LogP contribution < -0.4 is 4.90 Å². The Balaban J connectivity index is 1.64. The van der Waals surface area contributed by atoms with Gasteiger partial charge in [0, 0.05) is 32.7 Å². The normalized spacial score (nSPS) is 24.0. The summed E-state index contributed by atoms with van der Waals surface area (Å²) in [5, 5.41) is 0. The second kappa shape index (κ2) is 7.05. The van der Waals surface area contributed by atoms with Gasteiger partial charge in [0.05, 0.1) is 13.2 Å². The van der Waals surface area contributed by atoms with Gasteiger partial charge in [0.25, 0.3) is 0 Å². The summed E-state index contributed by atoms with van der Waals surface area (Å²) in [5.41, 5.74) is -0.815. The molecule has 3 rings (SSSR count). The summed E-state index contributed by atoms with van der Waals surface area (Å²) < 4.78 is 43.8. The van der Waals surface area contributed by atoms with Crippen molar-refractivity contribution in [2.45, 2.75) is 19.0 Å². The number of rotatable bonds is 3. The van der Waals surface area contributed by atoms with Crippen molar-refractivity contribution in [3.8, 4) is 0 Å². The fourth-order valence-electron chi connectivity index (χ4n) is 3.33. The summed E-state index contributed by atoms with van der Waals surface area (Å²) in [6.07, 6.45) is -2.28. The van der Waals surface area contributed by atoms with E-state index in [0.29, 0.717) is 11.7 Å². The van der Waals surface area contributed by atoms with E-state index < -0.39 is 11.9 Å². The highest BCUT2D eigenvalue weighted by Crippen LogP contribution is 2.30. The largest absolute Gasteiger partial charge is 0.433 e. The summed E-state index contributed by atoms with van der Waals surface area (Å²) >= 11 is 0. The van der Waals surface area contributed by atoms with Crippen LogP contribution in [0.1, 0.15) is 18.5 Å². The molecule has 0 aliphatic carbocycles. The van der Waals surface area contributed by atoms with Crippen LogP contribution >= 0.6 is 0 Å². The lowest BCUT2D eigenvalue weighted by Crippen LogP contribution is -2.44. The van der Waals surface area contributed by atoms with E-state index in [-0.39, 0.29) is 0 Å². The number of halogens is 3. The molecule has 1 aromatic rings. The van der Waals surface area contributed by atoms with Crippen molar-refractivity contribution in [3.63, 3.8) is 0 Å². The van der Waals surface area contributed by atoms with Crippen LogP contribution in [0.4, 0.5) is 19.0 Å². The fourth-order valence-corrected chi connectivity index (χ4v) is 3.33. The summed E-state index contributed by atoms with van der Waals surface area (Å²) in [4.78, 5) is 8.19.